The molecule has 0 radical (unpaired) electrons. The Hall–Kier alpha value is -1.42. The lowest BCUT2D eigenvalue weighted by Gasteiger charge is -2.45. The molecule has 1 aliphatic rings. The summed E-state index contributed by atoms with van der Waals surface area (Å²) < 4.78 is 4.97. The second kappa shape index (κ2) is 4.84. The molecular weight excluding hydrogens is 216 g/mol. The van der Waals surface area contributed by atoms with Crippen LogP contribution in [0.15, 0.2) is 24.5 Å². The SMILES string of the molecule is CNC(c1ccncc1)C1(C(=O)OC)CCC1. The van der Waals surface area contributed by atoms with Crippen LogP contribution in [0.1, 0.15) is 30.9 Å². The number of hydrogen-bond acceptors (Lipinski definition) is 4. The molecule has 4 heteroatoms. The number of hydrogen-bond donors (Lipinski definition) is 1. The van der Waals surface area contributed by atoms with Gasteiger partial charge in [0.05, 0.1) is 12.5 Å². The van der Waals surface area contributed by atoms with Gasteiger partial charge in [0.1, 0.15) is 0 Å². The van der Waals surface area contributed by atoms with Crippen LogP contribution in [0.2, 0.25) is 0 Å². The summed E-state index contributed by atoms with van der Waals surface area (Å²) in [4.78, 5) is 16.0. The summed E-state index contributed by atoms with van der Waals surface area (Å²) in [6.45, 7) is 0. The van der Waals surface area contributed by atoms with Crippen molar-refractivity contribution in [3.63, 3.8) is 0 Å². The first-order valence-corrected chi connectivity index (χ1v) is 5.90. The van der Waals surface area contributed by atoms with Gasteiger partial charge in [0, 0.05) is 18.4 Å². The average Bonchev–Trinajstić information content (AvgIpc) is 2.33. The number of rotatable bonds is 4. The zero-order valence-corrected chi connectivity index (χ0v) is 10.3. The Bertz CT molecular complexity index is 388. The lowest BCUT2D eigenvalue weighted by atomic mass is 9.62. The number of aromatic nitrogens is 1. The fraction of sp³-hybridized carbons (Fsp3) is 0.538. The number of carbonyl (C=O) groups is 1. The van der Waals surface area contributed by atoms with Crippen LogP contribution in [0.5, 0.6) is 0 Å². The summed E-state index contributed by atoms with van der Waals surface area (Å²) >= 11 is 0. The van der Waals surface area contributed by atoms with E-state index in [1.165, 1.54) is 7.11 Å². The number of nitrogens with one attached hydrogen (secondary N) is 1. The molecule has 1 N–H and O–H groups in total. The zero-order valence-electron chi connectivity index (χ0n) is 10.3. The van der Waals surface area contributed by atoms with E-state index in [1.807, 2.05) is 19.2 Å². The Morgan fingerprint density at radius 2 is 2.12 bits per heavy atom. The molecule has 0 bridgehead atoms. The first kappa shape index (κ1) is 12.0. The molecule has 1 atom stereocenters. The van der Waals surface area contributed by atoms with Gasteiger partial charge in [-0.2, -0.15) is 0 Å². The predicted octanol–water partition coefficient (Wildman–Crippen LogP) is 1.69. The van der Waals surface area contributed by atoms with E-state index in [1.54, 1.807) is 12.4 Å². The molecule has 0 aliphatic heterocycles. The van der Waals surface area contributed by atoms with Gasteiger partial charge in [-0.25, -0.2) is 0 Å². The molecule has 1 fully saturated rings. The fourth-order valence-electron chi connectivity index (χ4n) is 2.69. The molecule has 2 rings (SSSR count). The van der Waals surface area contributed by atoms with Gasteiger partial charge < -0.3 is 10.1 Å². The molecule has 0 spiro atoms. The van der Waals surface area contributed by atoms with Crippen molar-refractivity contribution in [2.24, 2.45) is 5.41 Å². The zero-order chi connectivity index (χ0) is 12.3. The number of methoxy groups -OCH3 is 1. The summed E-state index contributed by atoms with van der Waals surface area (Å²) in [6, 6.07) is 3.90. The standard InChI is InChI=1S/C13H18N2O2/c1-14-11(10-4-8-15-9-5-10)13(6-3-7-13)12(16)17-2/h4-5,8-9,11,14H,3,6-7H2,1-2H3. The minimum atomic E-state index is -0.398. The van der Waals surface area contributed by atoms with Crippen LogP contribution in [0.25, 0.3) is 0 Å². The molecule has 1 heterocycles. The van der Waals surface area contributed by atoms with E-state index in [0.717, 1.165) is 24.8 Å². The average molecular weight is 234 g/mol. The van der Waals surface area contributed by atoms with E-state index in [9.17, 15) is 4.79 Å². The summed E-state index contributed by atoms with van der Waals surface area (Å²) in [7, 11) is 3.34. The number of carbonyl (C=O) groups excluding carboxylic acids is 1. The van der Waals surface area contributed by atoms with Crippen molar-refractivity contribution < 1.29 is 9.53 Å². The first-order valence-electron chi connectivity index (χ1n) is 5.90. The number of ether oxygens (including phenoxy) is 1. The third-order valence-electron chi connectivity index (χ3n) is 3.72. The van der Waals surface area contributed by atoms with Gasteiger partial charge in [-0.3, -0.25) is 9.78 Å². The van der Waals surface area contributed by atoms with Crippen molar-refractivity contribution in [1.29, 1.82) is 0 Å². The molecule has 1 aliphatic carbocycles. The van der Waals surface area contributed by atoms with E-state index >= 15 is 0 Å². The van der Waals surface area contributed by atoms with Crippen LogP contribution >= 0.6 is 0 Å². The molecule has 1 saturated carbocycles. The Balaban J connectivity index is 2.31. The van der Waals surface area contributed by atoms with Crippen molar-refractivity contribution in [1.82, 2.24) is 10.3 Å². The second-order valence-electron chi connectivity index (χ2n) is 4.50. The molecular formula is C13H18N2O2. The largest absolute Gasteiger partial charge is 0.469 e. The maximum absolute atomic E-state index is 12.0. The van der Waals surface area contributed by atoms with Gasteiger partial charge in [0.25, 0.3) is 0 Å². The Morgan fingerprint density at radius 1 is 1.47 bits per heavy atom. The summed E-state index contributed by atoms with van der Waals surface area (Å²) in [5.41, 5.74) is 0.692. The van der Waals surface area contributed by atoms with E-state index in [0.29, 0.717) is 0 Å². The third-order valence-corrected chi connectivity index (χ3v) is 3.72. The highest BCUT2D eigenvalue weighted by Crippen LogP contribution is 2.50. The smallest absolute Gasteiger partial charge is 0.313 e. The van der Waals surface area contributed by atoms with Crippen LogP contribution in [0.4, 0.5) is 0 Å². The van der Waals surface area contributed by atoms with Gasteiger partial charge >= 0.3 is 5.97 Å². The molecule has 1 aromatic rings. The van der Waals surface area contributed by atoms with Crippen LogP contribution < -0.4 is 5.32 Å². The van der Waals surface area contributed by atoms with E-state index < -0.39 is 5.41 Å². The van der Waals surface area contributed by atoms with Crippen LogP contribution in [-0.2, 0) is 9.53 Å². The molecule has 4 nitrogen and oxygen atoms in total. The lowest BCUT2D eigenvalue weighted by Crippen LogP contribution is -2.48. The van der Waals surface area contributed by atoms with Crippen molar-refractivity contribution in [2.75, 3.05) is 14.2 Å². The van der Waals surface area contributed by atoms with Crippen molar-refractivity contribution in [2.45, 2.75) is 25.3 Å². The summed E-state index contributed by atoms with van der Waals surface area (Å²) in [5.74, 6) is -0.111. The quantitative estimate of drug-likeness (QED) is 0.805. The lowest BCUT2D eigenvalue weighted by molar-refractivity contribution is -0.161. The van der Waals surface area contributed by atoms with Gasteiger partial charge in [0.15, 0.2) is 0 Å². The van der Waals surface area contributed by atoms with Crippen molar-refractivity contribution in [3.05, 3.63) is 30.1 Å². The highest BCUT2D eigenvalue weighted by atomic mass is 16.5. The molecule has 17 heavy (non-hydrogen) atoms. The number of esters is 1. The predicted molar refractivity (Wildman–Crippen MR) is 64.3 cm³/mol. The monoisotopic (exact) mass is 234 g/mol. The van der Waals surface area contributed by atoms with Crippen molar-refractivity contribution in [3.8, 4) is 0 Å². The van der Waals surface area contributed by atoms with Gasteiger partial charge in [-0.15, -0.1) is 0 Å². The minimum Gasteiger partial charge on any atom is -0.469 e. The minimum absolute atomic E-state index is 0.00620. The maximum Gasteiger partial charge on any atom is 0.313 e. The van der Waals surface area contributed by atoms with Crippen LogP contribution in [0.3, 0.4) is 0 Å². The highest BCUT2D eigenvalue weighted by Gasteiger charge is 2.51. The van der Waals surface area contributed by atoms with Gasteiger partial charge in [-0.05, 0) is 37.6 Å². The maximum atomic E-state index is 12.0. The summed E-state index contributed by atoms with van der Waals surface area (Å²) in [6.07, 6.45) is 6.35. The van der Waals surface area contributed by atoms with E-state index in [4.69, 9.17) is 4.74 Å². The third kappa shape index (κ3) is 1.93. The molecule has 0 amide bonds. The Morgan fingerprint density at radius 3 is 2.53 bits per heavy atom. The van der Waals surface area contributed by atoms with Crippen LogP contribution in [-0.4, -0.2) is 25.1 Å². The van der Waals surface area contributed by atoms with E-state index in [2.05, 4.69) is 10.3 Å². The topological polar surface area (TPSA) is 51.2 Å². The van der Waals surface area contributed by atoms with Crippen LogP contribution in [0, 0.1) is 5.41 Å². The van der Waals surface area contributed by atoms with E-state index in [-0.39, 0.29) is 12.0 Å². The highest BCUT2D eigenvalue weighted by molar-refractivity contribution is 5.79. The number of pyridine rings is 1. The summed E-state index contributed by atoms with van der Waals surface area (Å²) in [5, 5.41) is 3.25. The Labute approximate surface area is 101 Å². The normalized spacial score (nSPS) is 19.2. The number of nitrogens with zero attached hydrogens (tertiary/aromatic N) is 1. The molecule has 0 saturated heterocycles. The molecule has 1 aromatic heterocycles. The van der Waals surface area contributed by atoms with Gasteiger partial charge in [-0.1, -0.05) is 6.42 Å². The first-order chi connectivity index (χ1) is 8.24. The second-order valence-corrected chi connectivity index (χ2v) is 4.50. The fourth-order valence-corrected chi connectivity index (χ4v) is 2.69. The van der Waals surface area contributed by atoms with Gasteiger partial charge in [0.2, 0.25) is 0 Å². The molecule has 0 aromatic carbocycles. The molecule has 92 valence electrons. The van der Waals surface area contributed by atoms with Crippen molar-refractivity contribution >= 4 is 5.97 Å². The Kier molecular flexibility index (Phi) is 3.43. The molecule has 1 unspecified atom stereocenters.